The maximum atomic E-state index is 11.6. The molecule has 0 aromatic heterocycles. The summed E-state index contributed by atoms with van der Waals surface area (Å²) < 4.78 is 5.17. The molecular weight excluding hydrogens is 246 g/mol. The number of carbonyl (C=O) groups is 2. The van der Waals surface area contributed by atoms with Crippen LogP contribution in [-0.2, 0) is 16.0 Å². The number of hydrogen-bond donors (Lipinski definition) is 2. The van der Waals surface area contributed by atoms with Gasteiger partial charge in [-0.25, -0.2) is 4.79 Å². The van der Waals surface area contributed by atoms with Crippen LogP contribution < -0.4 is 5.32 Å². The predicted octanol–water partition coefficient (Wildman–Crippen LogP) is 1.47. The van der Waals surface area contributed by atoms with Gasteiger partial charge in [-0.2, -0.15) is 0 Å². The van der Waals surface area contributed by atoms with Crippen LogP contribution in [-0.4, -0.2) is 36.2 Å². The molecule has 0 bridgehead atoms. The van der Waals surface area contributed by atoms with E-state index >= 15 is 0 Å². The lowest BCUT2D eigenvalue weighted by Gasteiger charge is -2.11. The zero-order valence-corrected chi connectivity index (χ0v) is 11.2. The fourth-order valence-electron chi connectivity index (χ4n) is 1.61. The first kappa shape index (κ1) is 15.2. The SMILES string of the molecule is CCOC(C)C(=O)NCCc1ccc(C(=O)O)cc1. The summed E-state index contributed by atoms with van der Waals surface area (Å²) in [4.78, 5) is 22.2. The van der Waals surface area contributed by atoms with Crippen LogP contribution in [0, 0.1) is 0 Å². The molecular formula is C14H19NO4. The van der Waals surface area contributed by atoms with Crippen LogP contribution in [0.4, 0.5) is 0 Å². The smallest absolute Gasteiger partial charge is 0.335 e. The van der Waals surface area contributed by atoms with E-state index in [1.807, 2.05) is 6.92 Å². The summed E-state index contributed by atoms with van der Waals surface area (Å²) in [6.07, 6.45) is 0.212. The largest absolute Gasteiger partial charge is 0.478 e. The standard InChI is InChI=1S/C14H19NO4/c1-3-19-10(2)13(16)15-9-8-11-4-6-12(7-5-11)14(17)18/h4-7,10H,3,8-9H2,1-2H3,(H,15,16)(H,17,18). The van der Waals surface area contributed by atoms with E-state index in [1.54, 1.807) is 31.2 Å². The molecule has 1 aromatic rings. The summed E-state index contributed by atoms with van der Waals surface area (Å²) in [5.41, 5.74) is 1.24. The van der Waals surface area contributed by atoms with Crippen molar-refractivity contribution in [1.29, 1.82) is 0 Å². The summed E-state index contributed by atoms with van der Waals surface area (Å²) >= 11 is 0. The number of hydrogen-bond acceptors (Lipinski definition) is 3. The van der Waals surface area contributed by atoms with Gasteiger partial charge >= 0.3 is 5.97 Å². The summed E-state index contributed by atoms with van der Waals surface area (Å²) in [5, 5.41) is 11.5. The molecule has 0 radical (unpaired) electrons. The van der Waals surface area contributed by atoms with Gasteiger partial charge in [-0.05, 0) is 38.0 Å². The third kappa shape index (κ3) is 5.09. The first-order chi connectivity index (χ1) is 9.04. The predicted molar refractivity (Wildman–Crippen MR) is 71.2 cm³/mol. The average molecular weight is 265 g/mol. The number of ether oxygens (including phenoxy) is 1. The average Bonchev–Trinajstić information content (AvgIpc) is 2.39. The van der Waals surface area contributed by atoms with Crippen molar-refractivity contribution >= 4 is 11.9 Å². The van der Waals surface area contributed by atoms with Gasteiger partial charge < -0.3 is 15.2 Å². The Morgan fingerprint density at radius 3 is 2.47 bits per heavy atom. The number of aromatic carboxylic acids is 1. The Morgan fingerprint density at radius 1 is 1.32 bits per heavy atom. The van der Waals surface area contributed by atoms with E-state index in [9.17, 15) is 9.59 Å². The van der Waals surface area contributed by atoms with Crippen molar-refractivity contribution < 1.29 is 19.4 Å². The summed E-state index contributed by atoms with van der Waals surface area (Å²) in [6, 6.07) is 6.62. The Morgan fingerprint density at radius 2 is 1.95 bits per heavy atom. The molecule has 0 saturated heterocycles. The molecule has 1 rings (SSSR count). The molecule has 0 fully saturated rings. The highest BCUT2D eigenvalue weighted by atomic mass is 16.5. The van der Waals surface area contributed by atoms with E-state index in [1.165, 1.54) is 0 Å². The third-order valence-corrected chi connectivity index (χ3v) is 2.70. The second kappa shape index (κ2) is 7.53. The van der Waals surface area contributed by atoms with Gasteiger partial charge in [0.15, 0.2) is 0 Å². The van der Waals surface area contributed by atoms with Crippen molar-refractivity contribution in [2.45, 2.75) is 26.4 Å². The van der Waals surface area contributed by atoms with Crippen molar-refractivity contribution in [3.63, 3.8) is 0 Å². The van der Waals surface area contributed by atoms with Gasteiger partial charge in [0.2, 0.25) is 5.91 Å². The Balaban J connectivity index is 2.37. The lowest BCUT2D eigenvalue weighted by Crippen LogP contribution is -2.35. The van der Waals surface area contributed by atoms with Crippen LogP contribution in [0.15, 0.2) is 24.3 Å². The minimum absolute atomic E-state index is 0.135. The maximum absolute atomic E-state index is 11.6. The molecule has 0 spiro atoms. The second-order valence-corrected chi connectivity index (χ2v) is 4.14. The Hall–Kier alpha value is -1.88. The van der Waals surface area contributed by atoms with Gasteiger partial charge in [-0.3, -0.25) is 4.79 Å². The molecule has 0 heterocycles. The van der Waals surface area contributed by atoms with E-state index < -0.39 is 12.1 Å². The van der Waals surface area contributed by atoms with E-state index in [4.69, 9.17) is 9.84 Å². The van der Waals surface area contributed by atoms with Crippen LogP contribution in [0.1, 0.15) is 29.8 Å². The zero-order valence-electron chi connectivity index (χ0n) is 11.2. The Kier molecular flexibility index (Phi) is 6.02. The molecule has 5 heteroatoms. The number of amides is 1. The van der Waals surface area contributed by atoms with Crippen molar-refractivity contribution in [3.05, 3.63) is 35.4 Å². The highest BCUT2D eigenvalue weighted by molar-refractivity contribution is 5.87. The maximum Gasteiger partial charge on any atom is 0.335 e. The van der Waals surface area contributed by atoms with E-state index in [0.717, 1.165) is 5.56 Å². The number of rotatable bonds is 7. The number of carboxylic acids is 1. The lowest BCUT2D eigenvalue weighted by molar-refractivity contribution is -0.131. The first-order valence-electron chi connectivity index (χ1n) is 6.26. The number of nitrogens with one attached hydrogen (secondary N) is 1. The molecule has 0 aliphatic carbocycles. The molecule has 1 amide bonds. The number of carbonyl (C=O) groups excluding carboxylic acids is 1. The van der Waals surface area contributed by atoms with Crippen molar-refractivity contribution in [1.82, 2.24) is 5.32 Å². The molecule has 0 saturated carbocycles. The van der Waals surface area contributed by atoms with Gasteiger partial charge in [0.05, 0.1) is 5.56 Å². The molecule has 104 valence electrons. The Bertz CT molecular complexity index is 428. The fraction of sp³-hybridized carbons (Fsp3) is 0.429. The summed E-state index contributed by atoms with van der Waals surface area (Å²) in [5.74, 6) is -1.07. The number of benzene rings is 1. The monoisotopic (exact) mass is 265 g/mol. The van der Waals surface area contributed by atoms with Gasteiger partial charge in [-0.15, -0.1) is 0 Å². The van der Waals surface area contributed by atoms with Gasteiger partial charge in [-0.1, -0.05) is 12.1 Å². The van der Waals surface area contributed by atoms with E-state index in [0.29, 0.717) is 19.6 Å². The topological polar surface area (TPSA) is 75.6 Å². The lowest BCUT2D eigenvalue weighted by atomic mass is 10.1. The highest BCUT2D eigenvalue weighted by Crippen LogP contribution is 2.04. The van der Waals surface area contributed by atoms with Crippen molar-refractivity contribution in [2.24, 2.45) is 0 Å². The summed E-state index contributed by atoms with van der Waals surface area (Å²) in [7, 11) is 0. The van der Waals surface area contributed by atoms with Crippen LogP contribution in [0.5, 0.6) is 0 Å². The molecule has 19 heavy (non-hydrogen) atoms. The molecule has 1 atom stereocenters. The number of carboxylic acid groups (broad SMARTS) is 1. The van der Waals surface area contributed by atoms with Crippen LogP contribution in [0.2, 0.25) is 0 Å². The molecule has 0 aliphatic rings. The molecule has 5 nitrogen and oxygen atoms in total. The fourth-order valence-corrected chi connectivity index (χ4v) is 1.61. The zero-order chi connectivity index (χ0) is 14.3. The van der Waals surface area contributed by atoms with Crippen molar-refractivity contribution in [2.75, 3.05) is 13.2 Å². The third-order valence-electron chi connectivity index (χ3n) is 2.70. The molecule has 2 N–H and O–H groups in total. The first-order valence-corrected chi connectivity index (χ1v) is 6.26. The summed E-state index contributed by atoms with van der Waals surface area (Å²) in [6.45, 7) is 4.56. The van der Waals surface area contributed by atoms with Gasteiger partial charge in [0.1, 0.15) is 6.10 Å². The molecule has 1 aromatic carbocycles. The van der Waals surface area contributed by atoms with Crippen molar-refractivity contribution in [3.8, 4) is 0 Å². The minimum Gasteiger partial charge on any atom is -0.478 e. The second-order valence-electron chi connectivity index (χ2n) is 4.14. The van der Waals surface area contributed by atoms with Crippen LogP contribution in [0.25, 0.3) is 0 Å². The van der Waals surface area contributed by atoms with Crippen LogP contribution >= 0.6 is 0 Å². The van der Waals surface area contributed by atoms with Crippen LogP contribution in [0.3, 0.4) is 0 Å². The highest BCUT2D eigenvalue weighted by Gasteiger charge is 2.11. The van der Waals surface area contributed by atoms with E-state index in [2.05, 4.69) is 5.32 Å². The van der Waals surface area contributed by atoms with Gasteiger partial charge in [0.25, 0.3) is 0 Å². The van der Waals surface area contributed by atoms with Gasteiger partial charge in [0, 0.05) is 13.2 Å². The molecule has 1 unspecified atom stereocenters. The normalized spacial score (nSPS) is 11.9. The van der Waals surface area contributed by atoms with E-state index in [-0.39, 0.29) is 11.5 Å². The minimum atomic E-state index is -0.939. The Labute approximate surface area is 112 Å². The molecule has 0 aliphatic heterocycles. The quantitative estimate of drug-likeness (QED) is 0.782.